The first-order valence-electron chi connectivity index (χ1n) is 6.92. The number of benzene rings is 2. The summed E-state index contributed by atoms with van der Waals surface area (Å²) in [4.78, 5) is 11.7. The smallest absolute Gasteiger partial charge is 0.277 e. The normalized spacial score (nSPS) is 12.4. The predicted molar refractivity (Wildman–Crippen MR) is 92.9 cm³/mol. The molecule has 0 spiro atoms. The first-order chi connectivity index (χ1) is 11.6. The molecule has 0 saturated carbocycles. The van der Waals surface area contributed by atoms with Gasteiger partial charge in [0.2, 0.25) is 6.79 Å². The van der Waals surface area contributed by atoms with Crippen molar-refractivity contribution in [3.05, 3.63) is 51.5 Å². The van der Waals surface area contributed by atoms with Crippen molar-refractivity contribution in [1.29, 1.82) is 0 Å². The molecule has 0 atom stereocenters. The van der Waals surface area contributed by atoms with Gasteiger partial charge in [-0.2, -0.15) is 5.10 Å². The first kappa shape index (κ1) is 16.6. The van der Waals surface area contributed by atoms with Gasteiger partial charge in [-0.15, -0.1) is 0 Å². The predicted octanol–water partition coefficient (Wildman–Crippen LogP) is 3.36. The van der Waals surface area contributed by atoms with Crippen LogP contribution in [0.3, 0.4) is 0 Å². The Balaban J connectivity index is 1.55. The van der Waals surface area contributed by atoms with Gasteiger partial charge in [0, 0.05) is 10.0 Å². The summed E-state index contributed by atoms with van der Waals surface area (Å²) in [5.74, 6) is 1.34. The number of hydrogen-bond acceptors (Lipinski definition) is 5. The fourth-order valence-corrected chi connectivity index (χ4v) is 2.56. The quantitative estimate of drug-likeness (QED) is 0.605. The highest BCUT2D eigenvalue weighted by atomic mass is 79.9. The van der Waals surface area contributed by atoms with Gasteiger partial charge in [0.05, 0.1) is 11.2 Å². The van der Waals surface area contributed by atoms with Crippen LogP contribution in [0.25, 0.3) is 0 Å². The van der Waals surface area contributed by atoms with E-state index in [0.717, 1.165) is 10.0 Å². The summed E-state index contributed by atoms with van der Waals surface area (Å²) in [5, 5.41) is 4.34. The molecule has 1 aliphatic rings. The summed E-state index contributed by atoms with van der Waals surface area (Å²) >= 11 is 9.35. The third-order valence-corrected chi connectivity index (χ3v) is 4.08. The molecule has 2 aromatic rings. The zero-order valence-electron chi connectivity index (χ0n) is 12.3. The molecular formula is C16H12BrClN2O4. The van der Waals surface area contributed by atoms with E-state index in [0.29, 0.717) is 22.3 Å². The summed E-state index contributed by atoms with van der Waals surface area (Å²) in [7, 11) is 0. The number of hydrazone groups is 1. The summed E-state index contributed by atoms with van der Waals surface area (Å²) in [6.07, 6.45) is 1.50. The molecule has 0 unspecified atom stereocenters. The second-order valence-electron chi connectivity index (χ2n) is 4.74. The molecule has 0 aromatic heterocycles. The van der Waals surface area contributed by atoms with Crippen LogP contribution in [-0.2, 0) is 4.79 Å². The maximum atomic E-state index is 11.7. The number of fused-ring (bicyclic) bond motifs is 1. The van der Waals surface area contributed by atoms with E-state index in [1.807, 2.05) is 0 Å². The van der Waals surface area contributed by atoms with Crippen LogP contribution in [0.4, 0.5) is 0 Å². The molecule has 6 nitrogen and oxygen atoms in total. The SMILES string of the molecule is O=C(COc1ccccc1Cl)NN=Cc1cc2c(cc1Br)OCO2. The maximum Gasteiger partial charge on any atom is 0.277 e. The summed E-state index contributed by atoms with van der Waals surface area (Å²) in [5.41, 5.74) is 3.13. The van der Waals surface area contributed by atoms with Gasteiger partial charge in [-0.05, 0) is 40.2 Å². The van der Waals surface area contributed by atoms with Crippen LogP contribution in [0.5, 0.6) is 17.2 Å². The van der Waals surface area contributed by atoms with Crippen LogP contribution >= 0.6 is 27.5 Å². The molecule has 8 heteroatoms. The number of halogens is 2. The molecular weight excluding hydrogens is 400 g/mol. The highest BCUT2D eigenvalue weighted by Crippen LogP contribution is 2.36. The summed E-state index contributed by atoms with van der Waals surface area (Å²) in [6, 6.07) is 10.5. The highest BCUT2D eigenvalue weighted by Gasteiger charge is 2.15. The number of carbonyl (C=O) groups is 1. The van der Waals surface area contributed by atoms with Crippen molar-refractivity contribution in [3.63, 3.8) is 0 Å². The van der Waals surface area contributed by atoms with E-state index in [1.54, 1.807) is 36.4 Å². The summed E-state index contributed by atoms with van der Waals surface area (Å²) < 4.78 is 16.7. The minimum Gasteiger partial charge on any atom is -0.482 e. The summed E-state index contributed by atoms with van der Waals surface area (Å²) in [6.45, 7) is 0.00186. The van der Waals surface area contributed by atoms with E-state index in [9.17, 15) is 4.79 Å². The van der Waals surface area contributed by atoms with Crippen LogP contribution in [0.2, 0.25) is 5.02 Å². The Kier molecular flexibility index (Phi) is 5.22. The number of rotatable bonds is 5. The second kappa shape index (κ2) is 7.55. The number of amides is 1. The maximum absolute atomic E-state index is 11.7. The third kappa shape index (κ3) is 3.98. The Morgan fingerprint density at radius 1 is 1.33 bits per heavy atom. The van der Waals surface area contributed by atoms with E-state index in [4.69, 9.17) is 25.8 Å². The fourth-order valence-electron chi connectivity index (χ4n) is 1.94. The monoisotopic (exact) mass is 410 g/mol. The molecule has 1 heterocycles. The standard InChI is InChI=1S/C16H12BrClN2O4/c17-11-6-15-14(23-9-24-15)5-10(11)7-19-20-16(21)8-22-13-4-2-1-3-12(13)18/h1-7H,8-9H2,(H,20,21). The van der Waals surface area contributed by atoms with Crippen molar-refractivity contribution in [3.8, 4) is 17.2 Å². The lowest BCUT2D eigenvalue weighted by Crippen LogP contribution is -2.24. The minimum absolute atomic E-state index is 0.191. The van der Waals surface area contributed by atoms with E-state index in [1.165, 1.54) is 6.21 Å². The van der Waals surface area contributed by atoms with Crippen molar-refractivity contribution < 1.29 is 19.0 Å². The molecule has 0 radical (unpaired) electrons. The molecule has 1 aliphatic heterocycles. The zero-order chi connectivity index (χ0) is 16.9. The Bertz CT molecular complexity index is 798. The average Bonchev–Trinajstić information content (AvgIpc) is 3.01. The van der Waals surface area contributed by atoms with E-state index in [2.05, 4.69) is 26.5 Å². The molecule has 24 heavy (non-hydrogen) atoms. The van der Waals surface area contributed by atoms with Crippen molar-refractivity contribution in [2.45, 2.75) is 0 Å². The number of nitrogens with zero attached hydrogens (tertiary/aromatic N) is 1. The molecule has 0 aliphatic carbocycles. The lowest BCUT2D eigenvalue weighted by Gasteiger charge is -2.06. The van der Waals surface area contributed by atoms with Gasteiger partial charge in [0.25, 0.3) is 5.91 Å². The fraction of sp³-hybridized carbons (Fsp3) is 0.125. The largest absolute Gasteiger partial charge is 0.482 e. The van der Waals surface area contributed by atoms with Gasteiger partial charge in [0.15, 0.2) is 18.1 Å². The number of ether oxygens (including phenoxy) is 3. The molecule has 1 amide bonds. The van der Waals surface area contributed by atoms with Crippen LogP contribution in [0.1, 0.15) is 5.56 Å². The Hall–Kier alpha value is -2.25. The van der Waals surface area contributed by atoms with Gasteiger partial charge in [-0.1, -0.05) is 23.7 Å². The minimum atomic E-state index is -0.400. The van der Waals surface area contributed by atoms with E-state index >= 15 is 0 Å². The van der Waals surface area contributed by atoms with Gasteiger partial charge in [-0.3, -0.25) is 4.79 Å². The van der Waals surface area contributed by atoms with Crippen molar-refractivity contribution in [2.75, 3.05) is 13.4 Å². The van der Waals surface area contributed by atoms with Crippen molar-refractivity contribution in [1.82, 2.24) is 5.43 Å². The van der Waals surface area contributed by atoms with E-state index in [-0.39, 0.29) is 13.4 Å². The van der Waals surface area contributed by atoms with Crippen LogP contribution < -0.4 is 19.6 Å². The molecule has 3 rings (SSSR count). The Labute approximate surface area is 151 Å². The van der Waals surface area contributed by atoms with Crippen molar-refractivity contribution in [2.24, 2.45) is 5.10 Å². The number of nitrogens with one attached hydrogen (secondary N) is 1. The highest BCUT2D eigenvalue weighted by molar-refractivity contribution is 9.10. The zero-order valence-corrected chi connectivity index (χ0v) is 14.6. The topological polar surface area (TPSA) is 69.2 Å². The molecule has 0 bridgehead atoms. The lowest BCUT2D eigenvalue weighted by molar-refractivity contribution is -0.123. The van der Waals surface area contributed by atoms with Gasteiger partial charge < -0.3 is 14.2 Å². The van der Waals surface area contributed by atoms with E-state index < -0.39 is 5.91 Å². The number of hydrogen-bond donors (Lipinski definition) is 1. The van der Waals surface area contributed by atoms with Crippen molar-refractivity contribution >= 4 is 39.7 Å². The van der Waals surface area contributed by atoms with Crippen LogP contribution in [0, 0.1) is 0 Å². The number of para-hydroxylation sites is 1. The molecule has 124 valence electrons. The molecule has 2 aromatic carbocycles. The molecule has 0 saturated heterocycles. The van der Waals surface area contributed by atoms with Crippen LogP contribution in [-0.4, -0.2) is 25.5 Å². The second-order valence-corrected chi connectivity index (χ2v) is 6.00. The molecule has 0 fully saturated rings. The third-order valence-electron chi connectivity index (χ3n) is 3.08. The van der Waals surface area contributed by atoms with Gasteiger partial charge in [0.1, 0.15) is 5.75 Å². The number of carbonyl (C=O) groups excluding carboxylic acids is 1. The lowest BCUT2D eigenvalue weighted by atomic mass is 10.2. The average molecular weight is 412 g/mol. The Morgan fingerprint density at radius 2 is 2.08 bits per heavy atom. The van der Waals surface area contributed by atoms with Crippen LogP contribution in [0.15, 0.2) is 46.0 Å². The Morgan fingerprint density at radius 3 is 2.88 bits per heavy atom. The molecule has 1 N–H and O–H groups in total. The van der Waals surface area contributed by atoms with Gasteiger partial charge >= 0.3 is 0 Å². The van der Waals surface area contributed by atoms with Gasteiger partial charge in [-0.25, -0.2) is 5.43 Å². The first-order valence-corrected chi connectivity index (χ1v) is 8.09.